The summed E-state index contributed by atoms with van der Waals surface area (Å²) in [6.45, 7) is 1.99. The first-order valence-electron chi connectivity index (χ1n) is 5.40. The van der Waals surface area contributed by atoms with Crippen molar-refractivity contribution in [1.29, 1.82) is 0 Å². The summed E-state index contributed by atoms with van der Waals surface area (Å²) in [5.74, 6) is 0. The highest BCUT2D eigenvalue weighted by Gasteiger charge is 2.31. The van der Waals surface area contributed by atoms with Gasteiger partial charge in [-0.2, -0.15) is 26.3 Å². The zero-order chi connectivity index (χ0) is 14.7. The van der Waals surface area contributed by atoms with Crippen LogP contribution in [0.5, 0.6) is 0 Å². The highest BCUT2D eigenvalue weighted by Crippen LogP contribution is 2.32. The number of alkyl halides is 3. The van der Waals surface area contributed by atoms with Crippen LogP contribution in [0.2, 0.25) is 0 Å². The molecule has 0 fully saturated rings. The fourth-order valence-electron chi connectivity index (χ4n) is 1.25. The lowest BCUT2D eigenvalue weighted by molar-refractivity contribution is -0.137. The molecule has 5 nitrogen and oxygen atoms in total. The fourth-order valence-corrected chi connectivity index (χ4v) is 2.27. The van der Waals surface area contributed by atoms with Crippen LogP contribution in [-0.4, -0.2) is 15.0 Å². The number of nitrogens with one attached hydrogen (secondary N) is 2. The third-order valence-electron chi connectivity index (χ3n) is 2.17. The van der Waals surface area contributed by atoms with Crippen molar-refractivity contribution < 1.29 is 21.6 Å². The van der Waals surface area contributed by atoms with Gasteiger partial charge in [0.25, 0.3) is 10.2 Å². The monoisotopic (exact) mass is 297 g/mol. The number of benzene rings is 1. The molecular weight excluding hydrogens is 283 g/mol. The van der Waals surface area contributed by atoms with Gasteiger partial charge in [-0.15, -0.1) is 0 Å². The van der Waals surface area contributed by atoms with Crippen LogP contribution in [0.3, 0.4) is 0 Å². The van der Waals surface area contributed by atoms with Gasteiger partial charge >= 0.3 is 6.18 Å². The molecule has 0 aliphatic rings. The molecule has 0 bridgehead atoms. The molecule has 0 saturated heterocycles. The van der Waals surface area contributed by atoms with Crippen LogP contribution in [-0.2, 0) is 16.4 Å². The predicted octanol–water partition coefficient (Wildman–Crippen LogP) is 1.94. The molecule has 0 aliphatic carbocycles. The fraction of sp³-hybridized carbons (Fsp3) is 0.400. The summed E-state index contributed by atoms with van der Waals surface area (Å²) in [4.78, 5) is 0. The number of rotatable bonds is 5. The molecule has 0 amide bonds. The summed E-state index contributed by atoms with van der Waals surface area (Å²) >= 11 is 0. The van der Waals surface area contributed by atoms with Crippen LogP contribution in [0.1, 0.15) is 18.9 Å². The Balaban J connectivity index is 2.92. The van der Waals surface area contributed by atoms with E-state index in [9.17, 15) is 21.6 Å². The minimum absolute atomic E-state index is 0.100. The second-order valence-corrected chi connectivity index (χ2v) is 5.30. The van der Waals surface area contributed by atoms with Crippen molar-refractivity contribution in [3.8, 4) is 0 Å². The Morgan fingerprint density at radius 2 is 1.95 bits per heavy atom. The van der Waals surface area contributed by atoms with E-state index in [1.54, 1.807) is 6.92 Å². The first-order chi connectivity index (χ1) is 8.65. The van der Waals surface area contributed by atoms with Crippen LogP contribution in [0.25, 0.3) is 0 Å². The average molecular weight is 297 g/mol. The van der Waals surface area contributed by atoms with E-state index in [1.165, 1.54) is 0 Å². The summed E-state index contributed by atoms with van der Waals surface area (Å²) in [5.41, 5.74) is 4.07. The van der Waals surface area contributed by atoms with Gasteiger partial charge in [0.1, 0.15) is 0 Å². The lowest BCUT2D eigenvalue weighted by Gasteiger charge is -2.13. The van der Waals surface area contributed by atoms with E-state index in [1.807, 2.05) is 0 Å². The Labute approximate surface area is 109 Å². The minimum atomic E-state index is -4.52. The van der Waals surface area contributed by atoms with Crippen LogP contribution < -0.4 is 15.2 Å². The van der Waals surface area contributed by atoms with E-state index in [0.29, 0.717) is 12.5 Å². The van der Waals surface area contributed by atoms with E-state index >= 15 is 0 Å². The van der Waals surface area contributed by atoms with Crippen molar-refractivity contribution in [2.45, 2.75) is 19.5 Å². The average Bonchev–Trinajstić information content (AvgIpc) is 2.27. The molecular formula is C10H14F3N3O2S. The number of nitrogens with two attached hydrogens (primary N) is 1. The summed E-state index contributed by atoms with van der Waals surface area (Å²) in [5, 5.41) is 0. The molecule has 4 N–H and O–H groups in total. The van der Waals surface area contributed by atoms with Crippen molar-refractivity contribution in [3.05, 3.63) is 23.8 Å². The maximum absolute atomic E-state index is 12.4. The molecule has 0 atom stereocenters. The molecule has 9 heteroatoms. The number of halogens is 3. The van der Waals surface area contributed by atoms with Crippen LogP contribution in [0, 0.1) is 0 Å². The Morgan fingerprint density at radius 1 is 1.32 bits per heavy atom. The molecule has 0 aliphatic heterocycles. The van der Waals surface area contributed by atoms with Gasteiger partial charge in [0.2, 0.25) is 0 Å². The Hall–Kier alpha value is -1.48. The maximum atomic E-state index is 12.4. The third-order valence-corrected chi connectivity index (χ3v) is 3.24. The first kappa shape index (κ1) is 15.6. The van der Waals surface area contributed by atoms with Crippen molar-refractivity contribution in [2.24, 2.45) is 0 Å². The number of anilines is 2. The van der Waals surface area contributed by atoms with Gasteiger partial charge in [0, 0.05) is 6.54 Å². The third kappa shape index (κ3) is 4.60. The molecule has 1 rings (SSSR count). The standard InChI is InChI=1S/C10H14F3N3O2S/c1-2-5-15-19(17,18)16-9-4-3-7(6-8(9)14)10(11,12)13/h3-4,6,15-16H,2,5,14H2,1H3. The van der Waals surface area contributed by atoms with Gasteiger partial charge in [-0.1, -0.05) is 6.92 Å². The van der Waals surface area contributed by atoms with E-state index in [4.69, 9.17) is 5.73 Å². The molecule has 19 heavy (non-hydrogen) atoms. The van der Waals surface area contributed by atoms with Crippen LogP contribution in [0.4, 0.5) is 24.5 Å². The van der Waals surface area contributed by atoms with Gasteiger partial charge in [0.15, 0.2) is 0 Å². The van der Waals surface area contributed by atoms with Crippen molar-refractivity contribution in [2.75, 3.05) is 17.0 Å². The lowest BCUT2D eigenvalue weighted by Crippen LogP contribution is -2.31. The van der Waals surface area contributed by atoms with Crippen molar-refractivity contribution in [1.82, 2.24) is 4.72 Å². The predicted molar refractivity (Wildman–Crippen MR) is 66.7 cm³/mol. The second kappa shape index (κ2) is 5.66. The Kier molecular flexibility index (Phi) is 4.64. The molecule has 0 spiro atoms. The topological polar surface area (TPSA) is 84.2 Å². The van der Waals surface area contributed by atoms with E-state index in [0.717, 1.165) is 12.1 Å². The highest BCUT2D eigenvalue weighted by atomic mass is 32.2. The second-order valence-electron chi connectivity index (χ2n) is 3.80. The van der Waals surface area contributed by atoms with Gasteiger partial charge < -0.3 is 5.73 Å². The Bertz CT molecular complexity index is 543. The molecule has 0 radical (unpaired) electrons. The van der Waals surface area contributed by atoms with Gasteiger partial charge in [-0.3, -0.25) is 4.72 Å². The molecule has 0 aromatic heterocycles. The smallest absolute Gasteiger partial charge is 0.397 e. The largest absolute Gasteiger partial charge is 0.416 e. The van der Waals surface area contributed by atoms with Gasteiger partial charge in [-0.25, -0.2) is 0 Å². The van der Waals surface area contributed by atoms with E-state index in [-0.39, 0.29) is 17.9 Å². The summed E-state index contributed by atoms with van der Waals surface area (Å²) in [6, 6.07) is 2.41. The summed E-state index contributed by atoms with van der Waals surface area (Å²) in [6.07, 6.45) is -3.94. The van der Waals surface area contributed by atoms with E-state index < -0.39 is 21.9 Å². The highest BCUT2D eigenvalue weighted by molar-refractivity contribution is 7.90. The molecule has 0 heterocycles. The van der Waals surface area contributed by atoms with Gasteiger partial charge in [-0.05, 0) is 24.6 Å². The van der Waals surface area contributed by atoms with Gasteiger partial charge in [0.05, 0.1) is 16.9 Å². The maximum Gasteiger partial charge on any atom is 0.416 e. The van der Waals surface area contributed by atoms with Crippen molar-refractivity contribution in [3.63, 3.8) is 0 Å². The number of hydrogen-bond donors (Lipinski definition) is 3. The molecule has 0 unspecified atom stereocenters. The zero-order valence-corrected chi connectivity index (χ0v) is 10.9. The number of hydrogen-bond acceptors (Lipinski definition) is 3. The zero-order valence-electron chi connectivity index (χ0n) is 10.1. The molecule has 0 saturated carbocycles. The lowest BCUT2D eigenvalue weighted by atomic mass is 10.2. The van der Waals surface area contributed by atoms with Crippen LogP contribution in [0.15, 0.2) is 18.2 Å². The molecule has 108 valence electrons. The molecule has 1 aromatic rings. The molecule has 1 aromatic carbocycles. The SMILES string of the molecule is CCCNS(=O)(=O)Nc1ccc(C(F)(F)F)cc1N. The van der Waals surface area contributed by atoms with Crippen LogP contribution >= 0.6 is 0 Å². The number of nitrogen functional groups attached to an aromatic ring is 1. The quantitative estimate of drug-likeness (QED) is 0.726. The summed E-state index contributed by atoms with van der Waals surface area (Å²) in [7, 11) is -3.83. The Morgan fingerprint density at radius 3 is 2.42 bits per heavy atom. The first-order valence-corrected chi connectivity index (χ1v) is 6.88. The summed E-state index contributed by atoms with van der Waals surface area (Å²) < 4.78 is 64.5. The minimum Gasteiger partial charge on any atom is -0.397 e. The van der Waals surface area contributed by atoms with E-state index in [2.05, 4.69) is 9.44 Å². The van der Waals surface area contributed by atoms with Crippen molar-refractivity contribution >= 4 is 21.6 Å². The normalized spacial score (nSPS) is 12.4.